The van der Waals surface area contributed by atoms with Crippen LogP contribution in [0, 0.1) is 5.82 Å². The molecule has 0 atom stereocenters. The smallest absolute Gasteiger partial charge is 0.267 e. The number of benzene rings is 1. The number of hydrogen-bond acceptors (Lipinski definition) is 6. The third-order valence-electron chi connectivity index (χ3n) is 3.98. The fourth-order valence-electron chi connectivity index (χ4n) is 2.59. The van der Waals surface area contributed by atoms with Crippen LogP contribution in [0.2, 0.25) is 0 Å². The third kappa shape index (κ3) is 4.41. The summed E-state index contributed by atoms with van der Waals surface area (Å²) in [6.45, 7) is -0.271. The van der Waals surface area contributed by atoms with Gasteiger partial charge in [-0.05, 0) is 42.5 Å². The van der Waals surface area contributed by atoms with Crippen LogP contribution < -0.4 is 10.9 Å². The molecule has 9 heteroatoms. The standard InChI is InChI=1S/C20H14FN5O2S/c21-14-6-4-13(5-7-14)15-8-9-19(28)26(25-15)11-18(27)24-20-23-17(12-29-20)16-3-1-2-10-22-16/h1-10,12H,11H2,(H,23,24,27). The molecule has 4 aromatic rings. The lowest BCUT2D eigenvalue weighted by Gasteiger charge is -2.07. The first kappa shape index (κ1) is 18.6. The summed E-state index contributed by atoms with van der Waals surface area (Å²) in [5.41, 5.74) is 2.04. The Morgan fingerprint density at radius 2 is 1.86 bits per heavy atom. The van der Waals surface area contributed by atoms with E-state index in [4.69, 9.17) is 0 Å². The number of aromatic nitrogens is 4. The number of carbonyl (C=O) groups is 1. The van der Waals surface area contributed by atoms with Gasteiger partial charge in [0.1, 0.15) is 18.1 Å². The minimum absolute atomic E-state index is 0.271. The number of thiazole rings is 1. The second-order valence-electron chi connectivity index (χ2n) is 6.02. The topological polar surface area (TPSA) is 89.8 Å². The van der Waals surface area contributed by atoms with E-state index < -0.39 is 11.5 Å². The maximum atomic E-state index is 13.1. The van der Waals surface area contributed by atoms with Gasteiger partial charge in [0.25, 0.3) is 5.56 Å². The van der Waals surface area contributed by atoms with Crippen molar-refractivity contribution >= 4 is 22.4 Å². The third-order valence-corrected chi connectivity index (χ3v) is 4.74. The lowest BCUT2D eigenvalue weighted by atomic mass is 10.1. The van der Waals surface area contributed by atoms with Crippen LogP contribution >= 0.6 is 11.3 Å². The van der Waals surface area contributed by atoms with Gasteiger partial charge < -0.3 is 5.32 Å². The van der Waals surface area contributed by atoms with Gasteiger partial charge in [0.2, 0.25) is 5.91 Å². The molecule has 0 bridgehead atoms. The zero-order chi connectivity index (χ0) is 20.2. The highest BCUT2D eigenvalue weighted by Crippen LogP contribution is 2.23. The van der Waals surface area contributed by atoms with Gasteiger partial charge in [-0.1, -0.05) is 6.07 Å². The van der Waals surface area contributed by atoms with Crippen molar-refractivity contribution in [2.24, 2.45) is 0 Å². The number of halogens is 1. The predicted octanol–water partition coefficient (Wildman–Crippen LogP) is 3.21. The van der Waals surface area contributed by atoms with E-state index in [2.05, 4.69) is 20.4 Å². The van der Waals surface area contributed by atoms with Crippen molar-refractivity contribution < 1.29 is 9.18 Å². The van der Waals surface area contributed by atoms with Gasteiger partial charge in [-0.15, -0.1) is 11.3 Å². The molecule has 0 fully saturated rings. The van der Waals surface area contributed by atoms with Crippen LogP contribution in [0.1, 0.15) is 0 Å². The predicted molar refractivity (Wildman–Crippen MR) is 108 cm³/mol. The molecular formula is C20H14FN5O2S. The molecule has 7 nitrogen and oxygen atoms in total. The van der Waals surface area contributed by atoms with Crippen molar-refractivity contribution in [3.63, 3.8) is 0 Å². The number of nitrogens with zero attached hydrogens (tertiary/aromatic N) is 4. The zero-order valence-corrected chi connectivity index (χ0v) is 15.8. The molecule has 0 saturated heterocycles. The maximum Gasteiger partial charge on any atom is 0.267 e. The first-order valence-corrected chi connectivity index (χ1v) is 9.47. The van der Waals surface area contributed by atoms with Gasteiger partial charge in [0.05, 0.1) is 11.4 Å². The number of carbonyl (C=O) groups excluding carboxylic acids is 1. The van der Waals surface area contributed by atoms with Crippen LogP contribution in [0.15, 0.2) is 71.0 Å². The van der Waals surface area contributed by atoms with Crippen molar-refractivity contribution in [1.29, 1.82) is 0 Å². The molecule has 1 aromatic carbocycles. The molecular weight excluding hydrogens is 393 g/mol. The quantitative estimate of drug-likeness (QED) is 0.549. The van der Waals surface area contributed by atoms with Crippen LogP contribution in [-0.2, 0) is 11.3 Å². The average molecular weight is 407 g/mol. The average Bonchev–Trinajstić information content (AvgIpc) is 3.19. The summed E-state index contributed by atoms with van der Waals surface area (Å²) < 4.78 is 14.2. The molecule has 0 saturated carbocycles. The van der Waals surface area contributed by atoms with Crippen LogP contribution in [-0.4, -0.2) is 25.7 Å². The first-order valence-electron chi connectivity index (χ1n) is 8.59. The number of rotatable bonds is 5. The number of nitrogens with one attached hydrogen (secondary N) is 1. The van der Waals surface area contributed by atoms with Crippen molar-refractivity contribution in [3.05, 3.63) is 82.3 Å². The van der Waals surface area contributed by atoms with Crippen LogP contribution in [0.25, 0.3) is 22.6 Å². The zero-order valence-electron chi connectivity index (χ0n) is 14.9. The summed E-state index contributed by atoms with van der Waals surface area (Å²) in [5.74, 6) is -0.798. The van der Waals surface area contributed by atoms with Crippen molar-refractivity contribution in [1.82, 2.24) is 19.7 Å². The van der Waals surface area contributed by atoms with Gasteiger partial charge in [-0.3, -0.25) is 14.6 Å². The summed E-state index contributed by atoms with van der Waals surface area (Å²) in [5, 5.41) is 9.06. The Hall–Kier alpha value is -3.72. The molecule has 4 rings (SSSR count). The Balaban J connectivity index is 1.49. The molecule has 3 aromatic heterocycles. The lowest BCUT2D eigenvalue weighted by Crippen LogP contribution is -2.29. The summed E-state index contributed by atoms with van der Waals surface area (Å²) in [7, 11) is 0. The van der Waals surface area contributed by atoms with E-state index in [1.807, 2.05) is 18.2 Å². The van der Waals surface area contributed by atoms with Gasteiger partial charge in [0.15, 0.2) is 5.13 Å². The molecule has 29 heavy (non-hydrogen) atoms. The summed E-state index contributed by atoms with van der Waals surface area (Å²) in [6, 6.07) is 14.1. The van der Waals surface area contributed by atoms with E-state index in [0.29, 0.717) is 27.8 Å². The van der Waals surface area contributed by atoms with Crippen LogP contribution in [0.5, 0.6) is 0 Å². The van der Waals surface area contributed by atoms with Crippen LogP contribution in [0.4, 0.5) is 9.52 Å². The fraction of sp³-hybridized carbons (Fsp3) is 0.0500. The molecule has 0 aliphatic carbocycles. The van der Waals surface area contributed by atoms with Crippen LogP contribution in [0.3, 0.4) is 0 Å². The molecule has 0 aliphatic heterocycles. The molecule has 1 N–H and O–H groups in total. The fourth-order valence-corrected chi connectivity index (χ4v) is 3.32. The van der Waals surface area contributed by atoms with Crippen molar-refractivity contribution in [2.45, 2.75) is 6.54 Å². The highest BCUT2D eigenvalue weighted by molar-refractivity contribution is 7.14. The monoisotopic (exact) mass is 407 g/mol. The van der Waals surface area contributed by atoms with E-state index in [1.165, 1.54) is 35.6 Å². The van der Waals surface area contributed by atoms with E-state index in [9.17, 15) is 14.0 Å². The van der Waals surface area contributed by atoms with E-state index in [0.717, 1.165) is 4.68 Å². The molecule has 144 valence electrons. The SMILES string of the molecule is O=C(Cn1nc(-c2ccc(F)cc2)ccc1=O)Nc1nc(-c2ccccn2)cs1. The summed E-state index contributed by atoms with van der Waals surface area (Å²) >= 11 is 1.26. The van der Waals surface area contributed by atoms with Gasteiger partial charge in [-0.2, -0.15) is 5.10 Å². The molecule has 0 unspecified atom stereocenters. The highest BCUT2D eigenvalue weighted by atomic mass is 32.1. The Labute approximate surface area is 168 Å². The Kier molecular flexibility index (Phi) is 5.21. The second-order valence-corrected chi connectivity index (χ2v) is 6.88. The van der Waals surface area contributed by atoms with Crippen molar-refractivity contribution in [2.75, 3.05) is 5.32 Å². The van der Waals surface area contributed by atoms with Crippen molar-refractivity contribution in [3.8, 4) is 22.6 Å². The Morgan fingerprint density at radius 3 is 2.62 bits per heavy atom. The molecule has 0 spiro atoms. The Bertz CT molecular complexity index is 1210. The van der Waals surface area contributed by atoms with Gasteiger partial charge >= 0.3 is 0 Å². The molecule has 0 aliphatic rings. The maximum absolute atomic E-state index is 13.1. The minimum Gasteiger partial charge on any atom is -0.300 e. The van der Waals surface area contributed by atoms with E-state index >= 15 is 0 Å². The minimum atomic E-state index is -0.433. The Morgan fingerprint density at radius 1 is 1.03 bits per heavy atom. The summed E-state index contributed by atoms with van der Waals surface area (Å²) in [4.78, 5) is 33.0. The first-order chi connectivity index (χ1) is 14.1. The number of amides is 1. The van der Waals surface area contributed by atoms with E-state index in [-0.39, 0.29) is 12.4 Å². The van der Waals surface area contributed by atoms with Gasteiger partial charge in [-0.25, -0.2) is 14.1 Å². The largest absolute Gasteiger partial charge is 0.300 e. The lowest BCUT2D eigenvalue weighted by molar-refractivity contribution is -0.117. The normalized spacial score (nSPS) is 10.7. The number of anilines is 1. The second kappa shape index (κ2) is 8.11. The van der Waals surface area contributed by atoms with E-state index in [1.54, 1.807) is 23.7 Å². The molecule has 3 heterocycles. The molecule has 1 amide bonds. The molecule has 0 radical (unpaired) electrons. The number of pyridine rings is 1. The number of hydrogen-bond donors (Lipinski definition) is 1. The highest BCUT2D eigenvalue weighted by Gasteiger charge is 2.11. The summed E-state index contributed by atoms with van der Waals surface area (Å²) in [6.07, 6.45) is 1.67. The van der Waals surface area contributed by atoms with Gasteiger partial charge in [0, 0.05) is 23.2 Å².